The van der Waals surface area contributed by atoms with Crippen molar-refractivity contribution in [2.75, 3.05) is 18.0 Å². The fourth-order valence-electron chi connectivity index (χ4n) is 3.50. The first-order valence-corrected chi connectivity index (χ1v) is 7.76. The van der Waals surface area contributed by atoms with E-state index in [1.807, 2.05) is 18.2 Å². The van der Waals surface area contributed by atoms with Crippen LogP contribution in [0.1, 0.15) is 38.7 Å². The van der Waals surface area contributed by atoms with E-state index in [1.54, 1.807) is 6.20 Å². The summed E-state index contributed by atoms with van der Waals surface area (Å²) in [7, 11) is 0. The number of hydrogen-bond donors (Lipinski definition) is 0. The number of nitriles is 1. The zero-order chi connectivity index (χ0) is 14.9. The summed E-state index contributed by atoms with van der Waals surface area (Å²) in [5, 5.41) is 10.6. The molecule has 1 aromatic heterocycles. The summed E-state index contributed by atoms with van der Waals surface area (Å²) in [6.07, 6.45) is 5.33. The molecular formula is C18H21N3. The Kier molecular flexibility index (Phi) is 3.55. The maximum absolute atomic E-state index is 9.47. The highest BCUT2D eigenvalue weighted by molar-refractivity contribution is 5.94. The van der Waals surface area contributed by atoms with E-state index in [0.29, 0.717) is 11.0 Å². The number of fused-ring (bicyclic) bond motifs is 1. The second kappa shape index (κ2) is 5.37. The molecule has 3 nitrogen and oxygen atoms in total. The third kappa shape index (κ3) is 2.25. The lowest BCUT2D eigenvalue weighted by molar-refractivity contribution is 0.301. The molecule has 0 saturated carbocycles. The van der Waals surface area contributed by atoms with Crippen LogP contribution < -0.4 is 4.90 Å². The van der Waals surface area contributed by atoms with Crippen LogP contribution in [0.4, 0.5) is 5.69 Å². The lowest BCUT2D eigenvalue weighted by Crippen LogP contribution is -2.26. The SMILES string of the molecule is CCC1(CC)CCN(c2c(C#N)cnc3ccccc23)C1. The average molecular weight is 279 g/mol. The molecule has 1 fully saturated rings. The van der Waals surface area contributed by atoms with Gasteiger partial charge < -0.3 is 4.90 Å². The zero-order valence-corrected chi connectivity index (χ0v) is 12.8. The molecule has 1 aromatic carbocycles. The van der Waals surface area contributed by atoms with Crippen molar-refractivity contribution in [1.82, 2.24) is 4.98 Å². The topological polar surface area (TPSA) is 39.9 Å². The normalized spacial score (nSPS) is 17.1. The molecular weight excluding hydrogens is 258 g/mol. The molecule has 21 heavy (non-hydrogen) atoms. The van der Waals surface area contributed by atoms with E-state index in [9.17, 15) is 5.26 Å². The zero-order valence-electron chi connectivity index (χ0n) is 12.8. The van der Waals surface area contributed by atoms with Crippen LogP contribution in [0.15, 0.2) is 30.5 Å². The van der Waals surface area contributed by atoms with Gasteiger partial charge in [0.2, 0.25) is 0 Å². The average Bonchev–Trinajstić information content (AvgIpc) is 2.98. The third-order valence-electron chi connectivity index (χ3n) is 5.12. The summed E-state index contributed by atoms with van der Waals surface area (Å²) in [5.74, 6) is 0. The number of aromatic nitrogens is 1. The van der Waals surface area contributed by atoms with Crippen LogP contribution in [0, 0.1) is 16.7 Å². The minimum Gasteiger partial charge on any atom is -0.369 e. The second-order valence-electron chi connectivity index (χ2n) is 6.03. The molecule has 1 aliphatic heterocycles. The lowest BCUT2D eigenvalue weighted by Gasteiger charge is -2.28. The Labute approximate surface area is 126 Å². The number of rotatable bonds is 3. The van der Waals surface area contributed by atoms with Gasteiger partial charge in [0.15, 0.2) is 0 Å². The first-order valence-electron chi connectivity index (χ1n) is 7.76. The molecule has 0 unspecified atom stereocenters. The van der Waals surface area contributed by atoms with E-state index < -0.39 is 0 Å². The maximum atomic E-state index is 9.47. The van der Waals surface area contributed by atoms with E-state index in [0.717, 1.165) is 29.7 Å². The first kappa shape index (κ1) is 13.9. The van der Waals surface area contributed by atoms with Crippen LogP contribution in [0.5, 0.6) is 0 Å². The molecule has 3 heteroatoms. The number of pyridine rings is 1. The number of benzene rings is 1. The monoisotopic (exact) mass is 279 g/mol. The molecule has 2 aromatic rings. The highest BCUT2D eigenvalue weighted by Gasteiger charge is 2.36. The van der Waals surface area contributed by atoms with Crippen molar-refractivity contribution in [3.63, 3.8) is 0 Å². The van der Waals surface area contributed by atoms with Crippen molar-refractivity contribution in [2.45, 2.75) is 33.1 Å². The summed E-state index contributed by atoms with van der Waals surface area (Å²) in [5.41, 5.74) is 3.14. The van der Waals surface area contributed by atoms with Crippen LogP contribution in [0.25, 0.3) is 10.9 Å². The summed E-state index contributed by atoms with van der Waals surface area (Å²) in [4.78, 5) is 6.81. The molecule has 0 aliphatic carbocycles. The highest BCUT2D eigenvalue weighted by atomic mass is 15.2. The van der Waals surface area contributed by atoms with E-state index >= 15 is 0 Å². The Hall–Kier alpha value is -2.08. The lowest BCUT2D eigenvalue weighted by atomic mass is 9.82. The molecule has 0 atom stereocenters. The summed E-state index contributed by atoms with van der Waals surface area (Å²) in [6.45, 7) is 6.64. The predicted octanol–water partition coefficient (Wildman–Crippen LogP) is 4.12. The molecule has 0 radical (unpaired) electrons. The number of para-hydroxylation sites is 1. The summed E-state index contributed by atoms with van der Waals surface area (Å²) < 4.78 is 0. The number of hydrogen-bond acceptors (Lipinski definition) is 3. The number of nitrogens with zero attached hydrogens (tertiary/aromatic N) is 3. The van der Waals surface area contributed by atoms with Crippen molar-refractivity contribution in [3.05, 3.63) is 36.0 Å². The Morgan fingerprint density at radius 1 is 1.29 bits per heavy atom. The fourth-order valence-corrected chi connectivity index (χ4v) is 3.50. The van der Waals surface area contributed by atoms with Crippen molar-refractivity contribution in [3.8, 4) is 6.07 Å². The van der Waals surface area contributed by atoms with Gasteiger partial charge >= 0.3 is 0 Å². The van der Waals surface area contributed by atoms with Crippen LogP contribution >= 0.6 is 0 Å². The largest absolute Gasteiger partial charge is 0.369 e. The number of anilines is 1. The molecule has 1 aliphatic rings. The van der Waals surface area contributed by atoms with Crippen molar-refractivity contribution >= 4 is 16.6 Å². The molecule has 3 rings (SSSR count). The van der Waals surface area contributed by atoms with Gasteiger partial charge in [-0.3, -0.25) is 4.98 Å². The van der Waals surface area contributed by atoms with Crippen LogP contribution in [0.3, 0.4) is 0 Å². The highest BCUT2D eigenvalue weighted by Crippen LogP contribution is 2.41. The molecule has 0 bridgehead atoms. The summed E-state index contributed by atoms with van der Waals surface area (Å²) in [6, 6.07) is 10.4. The Morgan fingerprint density at radius 3 is 2.71 bits per heavy atom. The predicted molar refractivity (Wildman–Crippen MR) is 86.3 cm³/mol. The van der Waals surface area contributed by atoms with Crippen molar-refractivity contribution < 1.29 is 0 Å². The van der Waals surface area contributed by atoms with E-state index in [1.165, 1.54) is 19.3 Å². The molecule has 108 valence electrons. The molecule has 2 heterocycles. The van der Waals surface area contributed by atoms with E-state index in [2.05, 4.69) is 35.9 Å². The van der Waals surface area contributed by atoms with Gasteiger partial charge in [-0.05, 0) is 30.7 Å². The van der Waals surface area contributed by atoms with E-state index in [-0.39, 0.29) is 0 Å². The van der Waals surface area contributed by atoms with Gasteiger partial charge in [-0.15, -0.1) is 0 Å². The van der Waals surface area contributed by atoms with Crippen LogP contribution in [0.2, 0.25) is 0 Å². The maximum Gasteiger partial charge on any atom is 0.103 e. The first-order chi connectivity index (χ1) is 10.2. The van der Waals surface area contributed by atoms with Gasteiger partial charge in [-0.1, -0.05) is 32.0 Å². The van der Waals surface area contributed by atoms with Crippen LogP contribution in [-0.2, 0) is 0 Å². The summed E-state index contributed by atoms with van der Waals surface area (Å²) >= 11 is 0. The van der Waals surface area contributed by atoms with Gasteiger partial charge in [-0.25, -0.2) is 0 Å². The molecule has 1 saturated heterocycles. The minimum atomic E-state index is 0.400. The Balaban J connectivity index is 2.10. The fraction of sp³-hybridized carbons (Fsp3) is 0.444. The molecule has 0 amide bonds. The quantitative estimate of drug-likeness (QED) is 0.848. The standard InChI is InChI=1S/C18H21N3/c1-3-18(4-2)9-10-21(13-18)17-14(11-19)12-20-16-8-6-5-7-15(16)17/h5-8,12H,3-4,9-10,13H2,1-2H3. The van der Waals surface area contributed by atoms with Gasteiger partial charge in [-0.2, -0.15) is 5.26 Å². The smallest absolute Gasteiger partial charge is 0.103 e. The van der Waals surface area contributed by atoms with Crippen molar-refractivity contribution in [1.29, 1.82) is 5.26 Å². The Morgan fingerprint density at radius 2 is 2.05 bits per heavy atom. The van der Waals surface area contributed by atoms with Gasteiger partial charge in [0, 0.05) is 24.7 Å². The molecule has 0 spiro atoms. The van der Waals surface area contributed by atoms with Gasteiger partial charge in [0.05, 0.1) is 16.8 Å². The Bertz CT molecular complexity index is 695. The van der Waals surface area contributed by atoms with Gasteiger partial charge in [0.1, 0.15) is 6.07 Å². The van der Waals surface area contributed by atoms with Crippen LogP contribution in [-0.4, -0.2) is 18.1 Å². The second-order valence-corrected chi connectivity index (χ2v) is 6.03. The molecule has 0 N–H and O–H groups in total. The van der Waals surface area contributed by atoms with E-state index in [4.69, 9.17) is 0 Å². The van der Waals surface area contributed by atoms with Gasteiger partial charge in [0.25, 0.3) is 0 Å². The third-order valence-corrected chi connectivity index (χ3v) is 5.12. The minimum absolute atomic E-state index is 0.400. The van der Waals surface area contributed by atoms with Crippen molar-refractivity contribution in [2.24, 2.45) is 5.41 Å².